The van der Waals surface area contributed by atoms with Crippen molar-refractivity contribution in [2.75, 3.05) is 24.5 Å². The summed E-state index contributed by atoms with van der Waals surface area (Å²) in [5, 5.41) is 2.82. The molecule has 2 aliphatic rings. The molecule has 0 spiro atoms. The number of hydrogen-bond donors (Lipinski definition) is 1. The smallest absolute Gasteiger partial charge is 0.246 e. The van der Waals surface area contributed by atoms with Gasteiger partial charge in [-0.05, 0) is 44.7 Å². The number of rotatable bonds is 5. The van der Waals surface area contributed by atoms with E-state index in [9.17, 15) is 4.79 Å². The highest BCUT2D eigenvalue weighted by molar-refractivity contribution is 7.13. The first-order chi connectivity index (χ1) is 11.5. The second kappa shape index (κ2) is 8.80. The highest BCUT2D eigenvalue weighted by Crippen LogP contribution is 2.33. The van der Waals surface area contributed by atoms with E-state index >= 15 is 0 Å². The van der Waals surface area contributed by atoms with Crippen LogP contribution in [-0.2, 0) is 4.79 Å². The van der Waals surface area contributed by atoms with Gasteiger partial charge >= 0.3 is 0 Å². The minimum Gasteiger partial charge on any atom is -0.330 e. The highest BCUT2D eigenvalue weighted by atomic mass is 35.5. The van der Waals surface area contributed by atoms with Crippen LogP contribution in [0.1, 0.15) is 52.4 Å². The SMILES string of the molecule is CC(C(=O)N(c1nccs1)C1CCCCC1)N1CCC(C)(CN)C1.Cl. The van der Waals surface area contributed by atoms with Gasteiger partial charge < -0.3 is 5.73 Å². The van der Waals surface area contributed by atoms with Crippen LogP contribution >= 0.6 is 23.7 Å². The Hall–Kier alpha value is -0.690. The fourth-order valence-electron chi connectivity index (χ4n) is 4.02. The molecule has 1 saturated heterocycles. The third-order valence-electron chi connectivity index (χ3n) is 5.79. The van der Waals surface area contributed by atoms with E-state index in [-0.39, 0.29) is 29.8 Å². The first-order valence-electron chi connectivity index (χ1n) is 9.21. The third-order valence-corrected chi connectivity index (χ3v) is 6.56. The average molecular weight is 387 g/mol. The fourth-order valence-corrected chi connectivity index (χ4v) is 4.74. The number of aromatic nitrogens is 1. The summed E-state index contributed by atoms with van der Waals surface area (Å²) in [6.07, 6.45) is 8.77. The number of carbonyl (C=O) groups is 1. The van der Waals surface area contributed by atoms with Crippen molar-refractivity contribution in [3.05, 3.63) is 11.6 Å². The van der Waals surface area contributed by atoms with Gasteiger partial charge in [0, 0.05) is 24.2 Å². The molecule has 3 rings (SSSR count). The monoisotopic (exact) mass is 386 g/mol. The number of nitrogens with zero attached hydrogens (tertiary/aromatic N) is 3. The van der Waals surface area contributed by atoms with Crippen LogP contribution in [0.25, 0.3) is 0 Å². The molecule has 1 aliphatic carbocycles. The van der Waals surface area contributed by atoms with Crippen LogP contribution in [0.4, 0.5) is 5.13 Å². The summed E-state index contributed by atoms with van der Waals surface area (Å²) in [5.74, 6) is 0.207. The quantitative estimate of drug-likeness (QED) is 0.843. The molecule has 0 bridgehead atoms. The van der Waals surface area contributed by atoms with Gasteiger partial charge in [-0.1, -0.05) is 26.2 Å². The molecule has 1 aliphatic heterocycles. The molecular weight excluding hydrogens is 356 g/mol. The lowest BCUT2D eigenvalue weighted by atomic mass is 9.90. The number of hydrogen-bond acceptors (Lipinski definition) is 5. The van der Waals surface area contributed by atoms with Crippen LogP contribution in [0.2, 0.25) is 0 Å². The van der Waals surface area contributed by atoms with Crippen LogP contribution in [0.3, 0.4) is 0 Å². The number of carbonyl (C=O) groups excluding carboxylic acids is 1. The molecule has 1 aromatic heterocycles. The summed E-state index contributed by atoms with van der Waals surface area (Å²) in [4.78, 5) is 22.1. The topological polar surface area (TPSA) is 62.5 Å². The summed E-state index contributed by atoms with van der Waals surface area (Å²) >= 11 is 1.57. The third kappa shape index (κ3) is 4.54. The molecule has 25 heavy (non-hydrogen) atoms. The number of likely N-dealkylation sites (tertiary alicyclic amines) is 1. The Kier molecular flexibility index (Phi) is 7.26. The maximum absolute atomic E-state index is 13.3. The fraction of sp³-hybridized carbons (Fsp3) is 0.778. The number of thiazole rings is 1. The van der Waals surface area contributed by atoms with Crippen molar-refractivity contribution in [3.63, 3.8) is 0 Å². The molecule has 7 heteroatoms. The molecule has 2 heterocycles. The highest BCUT2D eigenvalue weighted by Gasteiger charge is 2.39. The van der Waals surface area contributed by atoms with E-state index in [1.165, 1.54) is 19.3 Å². The van der Waals surface area contributed by atoms with Gasteiger partial charge in [-0.15, -0.1) is 23.7 Å². The first-order valence-corrected chi connectivity index (χ1v) is 10.1. The number of halogens is 1. The molecule has 2 atom stereocenters. The summed E-state index contributed by atoms with van der Waals surface area (Å²) in [6.45, 7) is 6.82. The van der Waals surface area contributed by atoms with Crippen molar-refractivity contribution in [1.82, 2.24) is 9.88 Å². The van der Waals surface area contributed by atoms with Crippen LogP contribution in [0, 0.1) is 5.41 Å². The predicted octanol–water partition coefficient (Wildman–Crippen LogP) is 3.29. The molecular formula is C18H31ClN4OS. The van der Waals surface area contributed by atoms with Gasteiger partial charge in [-0.3, -0.25) is 14.6 Å². The van der Waals surface area contributed by atoms with Gasteiger partial charge in [0.25, 0.3) is 0 Å². The molecule has 1 saturated carbocycles. The Morgan fingerprint density at radius 1 is 1.48 bits per heavy atom. The van der Waals surface area contributed by atoms with Crippen molar-refractivity contribution >= 4 is 34.8 Å². The standard InChI is InChI=1S/C18H30N4OS.ClH/c1-14(21-10-8-18(2,12-19)13-21)16(23)22(17-20-9-11-24-17)15-6-4-3-5-7-15;/h9,11,14-15H,3-8,10,12-13,19H2,1-2H3;1H. The Bertz CT molecular complexity index is 549. The van der Waals surface area contributed by atoms with E-state index in [4.69, 9.17) is 5.73 Å². The van der Waals surface area contributed by atoms with Crippen LogP contribution in [-0.4, -0.2) is 47.5 Å². The summed E-state index contributed by atoms with van der Waals surface area (Å²) in [7, 11) is 0. The Labute approximate surface area is 161 Å². The lowest BCUT2D eigenvalue weighted by Crippen LogP contribution is -2.51. The molecule has 5 nitrogen and oxygen atoms in total. The Morgan fingerprint density at radius 3 is 2.76 bits per heavy atom. The van der Waals surface area contributed by atoms with E-state index in [2.05, 4.69) is 16.8 Å². The molecule has 0 radical (unpaired) electrons. The van der Waals surface area contributed by atoms with Crippen LogP contribution < -0.4 is 10.6 Å². The Balaban J connectivity index is 0.00000225. The second-order valence-electron chi connectivity index (χ2n) is 7.73. The van der Waals surface area contributed by atoms with E-state index in [0.29, 0.717) is 12.6 Å². The van der Waals surface area contributed by atoms with E-state index in [1.54, 1.807) is 17.5 Å². The molecule has 0 aromatic carbocycles. The predicted molar refractivity (Wildman–Crippen MR) is 107 cm³/mol. The van der Waals surface area contributed by atoms with Gasteiger partial charge in [-0.2, -0.15) is 0 Å². The normalized spacial score (nSPS) is 26.2. The lowest BCUT2D eigenvalue weighted by Gasteiger charge is -2.36. The van der Waals surface area contributed by atoms with Crippen LogP contribution in [0.15, 0.2) is 11.6 Å². The van der Waals surface area contributed by atoms with Gasteiger partial charge in [-0.25, -0.2) is 4.98 Å². The summed E-state index contributed by atoms with van der Waals surface area (Å²) in [5.41, 5.74) is 6.07. The zero-order valence-corrected chi connectivity index (χ0v) is 17.0. The van der Waals surface area contributed by atoms with Crippen molar-refractivity contribution in [3.8, 4) is 0 Å². The Morgan fingerprint density at radius 2 is 2.20 bits per heavy atom. The van der Waals surface area contributed by atoms with E-state index in [1.807, 2.05) is 17.2 Å². The molecule has 2 unspecified atom stereocenters. The minimum atomic E-state index is -0.107. The van der Waals surface area contributed by atoms with E-state index in [0.717, 1.165) is 37.5 Å². The maximum atomic E-state index is 13.3. The zero-order valence-electron chi connectivity index (χ0n) is 15.3. The first kappa shape index (κ1) is 20.6. The number of amides is 1. The van der Waals surface area contributed by atoms with Gasteiger partial charge in [0.1, 0.15) is 0 Å². The van der Waals surface area contributed by atoms with Gasteiger partial charge in [0.05, 0.1) is 6.04 Å². The van der Waals surface area contributed by atoms with Crippen molar-refractivity contribution in [2.24, 2.45) is 11.1 Å². The number of anilines is 1. The zero-order chi connectivity index (χ0) is 17.2. The maximum Gasteiger partial charge on any atom is 0.246 e. The van der Waals surface area contributed by atoms with Gasteiger partial charge in [0.15, 0.2) is 5.13 Å². The van der Waals surface area contributed by atoms with E-state index < -0.39 is 0 Å². The minimum absolute atomic E-state index is 0. The van der Waals surface area contributed by atoms with Crippen LogP contribution in [0.5, 0.6) is 0 Å². The molecule has 1 amide bonds. The largest absolute Gasteiger partial charge is 0.330 e. The molecule has 1 aromatic rings. The number of nitrogens with two attached hydrogens (primary N) is 1. The summed E-state index contributed by atoms with van der Waals surface area (Å²) in [6, 6.07) is 0.201. The van der Waals surface area contributed by atoms with Gasteiger partial charge in [0.2, 0.25) is 5.91 Å². The van der Waals surface area contributed by atoms with Crippen molar-refractivity contribution < 1.29 is 4.79 Å². The molecule has 2 fully saturated rings. The summed E-state index contributed by atoms with van der Waals surface area (Å²) < 4.78 is 0. The second-order valence-corrected chi connectivity index (χ2v) is 8.60. The van der Waals surface area contributed by atoms with Crippen molar-refractivity contribution in [1.29, 1.82) is 0 Å². The average Bonchev–Trinajstić information content (AvgIpc) is 3.26. The molecule has 142 valence electrons. The lowest BCUT2D eigenvalue weighted by molar-refractivity contribution is -0.123. The molecule has 2 N–H and O–H groups in total. The van der Waals surface area contributed by atoms with Crippen molar-refractivity contribution in [2.45, 2.75) is 64.5 Å².